The third-order valence-corrected chi connectivity index (χ3v) is 5.42. The number of carbonyl (C=O) groups excluding carboxylic acids is 2. The number of hydrogen-bond acceptors (Lipinski definition) is 5. The SMILES string of the molecule is O=C1C[C@H]([NH+]2CCN(c3ncccn3)CC2)C(=O)N1c1cc(Cl)cc(Cl)c1. The van der Waals surface area contributed by atoms with Gasteiger partial charge in [0.2, 0.25) is 11.9 Å². The number of nitrogens with one attached hydrogen (secondary N) is 1. The third kappa shape index (κ3) is 3.63. The van der Waals surface area contributed by atoms with Crippen molar-refractivity contribution >= 4 is 46.7 Å². The number of rotatable bonds is 3. The van der Waals surface area contributed by atoms with E-state index >= 15 is 0 Å². The number of aromatic nitrogens is 2. The van der Waals surface area contributed by atoms with Crippen LogP contribution in [0.2, 0.25) is 10.0 Å². The number of anilines is 2. The quantitative estimate of drug-likeness (QED) is 0.764. The van der Waals surface area contributed by atoms with Gasteiger partial charge in [-0.2, -0.15) is 0 Å². The van der Waals surface area contributed by atoms with Gasteiger partial charge >= 0.3 is 0 Å². The van der Waals surface area contributed by atoms with Gasteiger partial charge in [-0.05, 0) is 24.3 Å². The van der Waals surface area contributed by atoms with Crippen LogP contribution in [0.15, 0.2) is 36.7 Å². The summed E-state index contributed by atoms with van der Waals surface area (Å²) in [6.45, 7) is 2.96. The van der Waals surface area contributed by atoms with Crippen LogP contribution >= 0.6 is 23.2 Å². The van der Waals surface area contributed by atoms with Crippen LogP contribution in [0.1, 0.15) is 6.42 Å². The zero-order chi connectivity index (χ0) is 19.0. The maximum Gasteiger partial charge on any atom is 0.292 e. The molecule has 0 spiro atoms. The molecule has 0 aliphatic carbocycles. The lowest BCUT2D eigenvalue weighted by molar-refractivity contribution is -0.915. The van der Waals surface area contributed by atoms with E-state index in [2.05, 4.69) is 14.9 Å². The van der Waals surface area contributed by atoms with E-state index < -0.39 is 0 Å². The smallest absolute Gasteiger partial charge is 0.292 e. The molecule has 140 valence electrons. The molecule has 2 aromatic rings. The van der Waals surface area contributed by atoms with Crippen LogP contribution in [0.3, 0.4) is 0 Å². The molecular weight excluding hydrogens is 389 g/mol. The molecular formula is C18H18Cl2N5O2+. The fourth-order valence-corrected chi connectivity index (χ4v) is 4.20. The summed E-state index contributed by atoms with van der Waals surface area (Å²) in [5.41, 5.74) is 0.431. The minimum atomic E-state index is -0.380. The van der Waals surface area contributed by atoms with E-state index in [1.807, 2.05) is 0 Å². The van der Waals surface area contributed by atoms with E-state index in [9.17, 15) is 9.59 Å². The van der Waals surface area contributed by atoms with Crippen LogP contribution < -0.4 is 14.7 Å². The van der Waals surface area contributed by atoms with E-state index in [0.717, 1.165) is 31.1 Å². The lowest BCUT2D eigenvalue weighted by Gasteiger charge is -2.34. The molecule has 1 aromatic heterocycles. The summed E-state index contributed by atoms with van der Waals surface area (Å²) in [7, 11) is 0. The number of amides is 2. The van der Waals surface area contributed by atoms with Gasteiger partial charge in [0.25, 0.3) is 5.91 Å². The number of piperazine rings is 1. The van der Waals surface area contributed by atoms with Gasteiger partial charge in [-0.3, -0.25) is 9.59 Å². The zero-order valence-electron chi connectivity index (χ0n) is 14.4. The van der Waals surface area contributed by atoms with Gasteiger partial charge < -0.3 is 9.80 Å². The maximum atomic E-state index is 12.9. The summed E-state index contributed by atoms with van der Waals surface area (Å²) >= 11 is 12.1. The Hall–Kier alpha value is -2.22. The number of benzene rings is 1. The van der Waals surface area contributed by atoms with E-state index in [1.165, 1.54) is 4.90 Å². The van der Waals surface area contributed by atoms with Crippen molar-refractivity contribution in [3.8, 4) is 0 Å². The number of nitrogens with zero attached hydrogens (tertiary/aromatic N) is 4. The Balaban J connectivity index is 1.46. The molecule has 9 heteroatoms. The first kappa shape index (κ1) is 18.2. The molecule has 1 N–H and O–H groups in total. The first-order valence-electron chi connectivity index (χ1n) is 8.72. The second kappa shape index (κ2) is 7.42. The van der Waals surface area contributed by atoms with E-state index in [4.69, 9.17) is 23.2 Å². The molecule has 0 saturated carbocycles. The van der Waals surface area contributed by atoms with E-state index in [0.29, 0.717) is 21.7 Å². The standard InChI is InChI=1S/C18H17Cl2N5O2/c19-12-8-13(20)10-14(9-12)25-16(26)11-15(17(25)27)23-4-6-24(7-5-23)18-21-2-1-3-22-18/h1-3,8-10,15H,4-7,11H2/p+1/t15-/m0/s1. The van der Waals surface area contributed by atoms with Crippen molar-refractivity contribution in [3.63, 3.8) is 0 Å². The van der Waals surface area contributed by atoms with E-state index in [1.54, 1.807) is 36.7 Å². The highest BCUT2D eigenvalue weighted by Gasteiger charge is 2.46. The predicted octanol–water partition coefficient (Wildman–Crippen LogP) is 0.820. The van der Waals surface area contributed by atoms with Crippen molar-refractivity contribution < 1.29 is 14.5 Å². The Labute approximate surface area is 166 Å². The van der Waals surface area contributed by atoms with Crippen molar-refractivity contribution in [2.45, 2.75) is 12.5 Å². The molecule has 0 radical (unpaired) electrons. The second-order valence-electron chi connectivity index (χ2n) is 6.65. The molecule has 27 heavy (non-hydrogen) atoms. The van der Waals surface area contributed by atoms with E-state index in [-0.39, 0.29) is 24.3 Å². The van der Waals surface area contributed by atoms with Crippen LogP contribution in [-0.4, -0.2) is 54.0 Å². The highest BCUT2D eigenvalue weighted by atomic mass is 35.5. The molecule has 7 nitrogen and oxygen atoms in total. The average Bonchev–Trinajstić information content (AvgIpc) is 2.96. The fraction of sp³-hybridized carbons (Fsp3) is 0.333. The summed E-state index contributed by atoms with van der Waals surface area (Å²) in [5.74, 6) is 0.281. The Morgan fingerprint density at radius 3 is 2.26 bits per heavy atom. The Morgan fingerprint density at radius 1 is 1.00 bits per heavy atom. The first-order valence-corrected chi connectivity index (χ1v) is 9.48. The topological polar surface area (TPSA) is 70.8 Å². The van der Waals surface area contributed by atoms with Crippen molar-refractivity contribution in [1.29, 1.82) is 0 Å². The monoisotopic (exact) mass is 406 g/mol. The molecule has 3 heterocycles. The van der Waals surface area contributed by atoms with Crippen molar-refractivity contribution in [2.24, 2.45) is 0 Å². The van der Waals surface area contributed by atoms with Gasteiger partial charge in [0.15, 0.2) is 6.04 Å². The van der Waals surface area contributed by atoms with Gasteiger partial charge in [-0.1, -0.05) is 23.2 Å². The normalized spacial score (nSPS) is 21.2. The lowest BCUT2D eigenvalue weighted by Crippen LogP contribution is -3.19. The van der Waals surface area contributed by atoms with Crippen molar-refractivity contribution in [2.75, 3.05) is 36.0 Å². The largest absolute Gasteiger partial charge is 0.330 e. The third-order valence-electron chi connectivity index (χ3n) is 4.99. The summed E-state index contributed by atoms with van der Waals surface area (Å²) in [6.07, 6.45) is 3.63. The average molecular weight is 407 g/mol. The highest BCUT2D eigenvalue weighted by molar-refractivity contribution is 6.35. The number of halogens is 2. The molecule has 2 aliphatic heterocycles. The molecule has 2 aliphatic rings. The Kier molecular flexibility index (Phi) is 4.99. The summed E-state index contributed by atoms with van der Waals surface area (Å²) in [6, 6.07) is 6.15. The van der Waals surface area contributed by atoms with Crippen LogP contribution in [0.4, 0.5) is 11.6 Å². The van der Waals surface area contributed by atoms with Crippen LogP contribution in [-0.2, 0) is 9.59 Å². The van der Waals surface area contributed by atoms with Gasteiger partial charge in [0.05, 0.1) is 38.3 Å². The van der Waals surface area contributed by atoms with Crippen LogP contribution in [0.5, 0.6) is 0 Å². The molecule has 2 amide bonds. The number of imide groups is 1. The second-order valence-corrected chi connectivity index (χ2v) is 7.52. The summed E-state index contributed by atoms with van der Waals surface area (Å²) in [5, 5.41) is 0.788. The molecule has 1 atom stereocenters. The van der Waals surface area contributed by atoms with Gasteiger partial charge in [-0.25, -0.2) is 14.9 Å². The zero-order valence-corrected chi connectivity index (χ0v) is 16.0. The van der Waals surface area contributed by atoms with Crippen molar-refractivity contribution in [3.05, 3.63) is 46.7 Å². The predicted molar refractivity (Wildman–Crippen MR) is 102 cm³/mol. The Morgan fingerprint density at radius 2 is 1.63 bits per heavy atom. The highest BCUT2D eigenvalue weighted by Crippen LogP contribution is 2.28. The first-order chi connectivity index (χ1) is 13.0. The van der Waals surface area contributed by atoms with Crippen LogP contribution in [0, 0.1) is 0 Å². The number of quaternary nitrogens is 1. The molecule has 1 aromatic carbocycles. The van der Waals surface area contributed by atoms with Crippen molar-refractivity contribution in [1.82, 2.24) is 9.97 Å². The molecule has 0 bridgehead atoms. The van der Waals surface area contributed by atoms with Gasteiger partial charge in [-0.15, -0.1) is 0 Å². The van der Waals surface area contributed by atoms with Crippen LogP contribution in [0.25, 0.3) is 0 Å². The number of hydrogen-bond donors (Lipinski definition) is 1. The fourth-order valence-electron chi connectivity index (χ4n) is 3.69. The Bertz CT molecular complexity index is 851. The maximum absolute atomic E-state index is 12.9. The summed E-state index contributed by atoms with van der Waals surface area (Å²) < 4.78 is 0. The minimum absolute atomic E-state index is 0.195. The molecule has 0 unspecified atom stereocenters. The molecule has 2 saturated heterocycles. The minimum Gasteiger partial charge on any atom is -0.330 e. The molecule has 2 fully saturated rings. The lowest BCUT2D eigenvalue weighted by atomic mass is 10.2. The van der Waals surface area contributed by atoms with Gasteiger partial charge in [0.1, 0.15) is 0 Å². The van der Waals surface area contributed by atoms with Gasteiger partial charge in [0, 0.05) is 22.4 Å². The number of carbonyl (C=O) groups is 2. The molecule has 4 rings (SSSR count). The summed E-state index contributed by atoms with van der Waals surface area (Å²) in [4.78, 5) is 38.4.